The van der Waals surface area contributed by atoms with Crippen LogP contribution in [-0.4, -0.2) is 16.3 Å². The Kier molecular flexibility index (Phi) is 2.74. The van der Waals surface area contributed by atoms with Crippen molar-refractivity contribution < 1.29 is 9.59 Å². The Balaban J connectivity index is 3.13. The lowest BCUT2D eigenvalue weighted by Gasteiger charge is -2.12. The highest BCUT2D eigenvalue weighted by molar-refractivity contribution is 5.95. The molecule has 1 heterocycles. The van der Waals surface area contributed by atoms with Crippen molar-refractivity contribution in [3.63, 3.8) is 0 Å². The Morgan fingerprint density at radius 2 is 2.07 bits per heavy atom. The SMILES string of the molecule is CC(=O)c1ccn(C(C)C(N)=O)c1C. The second-order valence-corrected chi connectivity index (χ2v) is 3.36. The molecule has 0 saturated heterocycles. The van der Waals surface area contributed by atoms with Gasteiger partial charge in [-0.05, 0) is 26.8 Å². The van der Waals surface area contributed by atoms with Gasteiger partial charge in [-0.25, -0.2) is 0 Å². The number of carbonyl (C=O) groups is 2. The van der Waals surface area contributed by atoms with Crippen molar-refractivity contribution in [2.24, 2.45) is 5.73 Å². The highest BCUT2D eigenvalue weighted by atomic mass is 16.1. The molecule has 1 aromatic heterocycles. The van der Waals surface area contributed by atoms with Gasteiger partial charge in [0.05, 0.1) is 0 Å². The average molecular weight is 194 g/mol. The first kappa shape index (κ1) is 10.5. The van der Waals surface area contributed by atoms with Crippen LogP contribution >= 0.6 is 0 Å². The fraction of sp³-hybridized carbons (Fsp3) is 0.400. The maximum Gasteiger partial charge on any atom is 0.240 e. The van der Waals surface area contributed by atoms with Crippen LogP contribution in [-0.2, 0) is 4.79 Å². The lowest BCUT2D eigenvalue weighted by Crippen LogP contribution is -2.24. The molecular weight excluding hydrogens is 180 g/mol. The van der Waals surface area contributed by atoms with Crippen molar-refractivity contribution in [1.29, 1.82) is 0 Å². The number of nitrogens with two attached hydrogens (primary N) is 1. The van der Waals surface area contributed by atoms with Crippen LogP contribution in [0.15, 0.2) is 12.3 Å². The first-order valence-corrected chi connectivity index (χ1v) is 4.42. The zero-order chi connectivity index (χ0) is 10.9. The molecule has 2 N–H and O–H groups in total. The van der Waals surface area contributed by atoms with E-state index >= 15 is 0 Å². The predicted molar refractivity (Wildman–Crippen MR) is 53.1 cm³/mol. The molecule has 1 unspecified atom stereocenters. The second kappa shape index (κ2) is 3.65. The fourth-order valence-electron chi connectivity index (χ4n) is 1.46. The number of rotatable bonds is 3. The van der Waals surface area contributed by atoms with E-state index in [1.807, 2.05) is 0 Å². The summed E-state index contributed by atoms with van der Waals surface area (Å²) in [6, 6.07) is 1.29. The number of primary amides is 1. The van der Waals surface area contributed by atoms with Crippen LogP contribution in [0.3, 0.4) is 0 Å². The summed E-state index contributed by atoms with van der Waals surface area (Å²) in [7, 11) is 0. The van der Waals surface area contributed by atoms with E-state index in [4.69, 9.17) is 5.73 Å². The Morgan fingerprint density at radius 3 is 2.43 bits per heavy atom. The second-order valence-electron chi connectivity index (χ2n) is 3.36. The summed E-state index contributed by atoms with van der Waals surface area (Å²) in [5.41, 5.74) is 6.60. The Labute approximate surface area is 82.7 Å². The number of nitrogens with zero attached hydrogens (tertiary/aromatic N) is 1. The molecule has 1 atom stereocenters. The van der Waals surface area contributed by atoms with Gasteiger partial charge in [-0.2, -0.15) is 0 Å². The van der Waals surface area contributed by atoms with Crippen molar-refractivity contribution >= 4 is 11.7 Å². The normalized spacial score (nSPS) is 12.5. The Morgan fingerprint density at radius 1 is 1.50 bits per heavy atom. The third-order valence-electron chi connectivity index (χ3n) is 2.39. The van der Waals surface area contributed by atoms with E-state index < -0.39 is 11.9 Å². The molecule has 0 radical (unpaired) electrons. The van der Waals surface area contributed by atoms with Gasteiger partial charge in [0.15, 0.2) is 5.78 Å². The van der Waals surface area contributed by atoms with Gasteiger partial charge in [-0.1, -0.05) is 0 Å². The molecule has 4 nitrogen and oxygen atoms in total. The molecule has 1 aromatic rings. The van der Waals surface area contributed by atoms with Gasteiger partial charge in [-0.3, -0.25) is 9.59 Å². The topological polar surface area (TPSA) is 65.1 Å². The van der Waals surface area contributed by atoms with E-state index in [1.54, 1.807) is 30.7 Å². The van der Waals surface area contributed by atoms with Gasteiger partial charge in [-0.15, -0.1) is 0 Å². The first-order valence-electron chi connectivity index (χ1n) is 4.42. The monoisotopic (exact) mass is 194 g/mol. The summed E-state index contributed by atoms with van der Waals surface area (Å²) in [6.45, 7) is 5.01. The van der Waals surface area contributed by atoms with E-state index in [1.165, 1.54) is 6.92 Å². The molecule has 0 bridgehead atoms. The third-order valence-corrected chi connectivity index (χ3v) is 2.39. The van der Waals surface area contributed by atoms with E-state index in [9.17, 15) is 9.59 Å². The number of carbonyl (C=O) groups excluding carboxylic acids is 2. The molecule has 0 fully saturated rings. The first-order chi connectivity index (χ1) is 6.45. The average Bonchev–Trinajstić information content (AvgIpc) is 2.45. The molecule has 0 aliphatic heterocycles. The summed E-state index contributed by atoms with van der Waals surface area (Å²) >= 11 is 0. The fourth-order valence-corrected chi connectivity index (χ4v) is 1.46. The van der Waals surface area contributed by atoms with Crippen LogP contribution in [0.25, 0.3) is 0 Å². The molecule has 0 spiro atoms. The van der Waals surface area contributed by atoms with Crippen molar-refractivity contribution in [2.45, 2.75) is 26.8 Å². The van der Waals surface area contributed by atoms with Gasteiger partial charge in [0.25, 0.3) is 0 Å². The largest absolute Gasteiger partial charge is 0.368 e. The molecular formula is C10H14N2O2. The lowest BCUT2D eigenvalue weighted by molar-refractivity contribution is -0.120. The maximum absolute atomic E-state index is 11.1. The van der Waals surface area contributed by atoms with Crippen LogP contribution in [0, 0.1) is 6.92 Å². The molecule has 0 aliphatic carbocycles. The zero-order valence-corrected chi connectivity index (χ0v) is 8.57. The Bertz CT molecular complexity index is 379. The van der Waals surface area contributed by atoms with E-state index in [2.05, 4.69) is 0 Å². The van der Waals surface area contributed by atoms with Crippen molar-refractivity contribution in [2.75, 3.05) is 0 Å². The minimum Gasteiger partial charge on any atom is -0.368 e. The van der Waals surface area contributed by atoms with Gasteiger partial charge in [0.2, 0.25) is 5.91 Å². The molecule has 0 saturated carbocycles. The summed E-state index contributed by atoms with van der Waals surface area (Å²) in [6.07, 6.45) is 1.71. The highest BCUT2D eigenvalue weighted by Gasteiger charge is 2.15. The maximum atomic E-state index is 11.1. The highest BCUT2D eigenvalue weighted by Crippen LogP contribution is 2.15. The molecule has 76 valence electrons. The predicted octanol–water partition coefficient (Wildman–Crippen LogP) is 1.05. The summed E-state index contributed by atoms with van der Waals surface area (Å²) in [4.78, 5) is 22.1. The molecule has 1 rings (SSSR count). The number of ketones is 1. The molecule has 0 aliphatic rings. The van der Waals surface area contributed by atoms with Crippen LogP contribution in [0.1, 0.15) is 35.9 Å². The number of hydrogen-bond acceptors (Lipinski definition) is 2. The lowest BCUT2D eigenvalue weighted by atomic mass is 10.2. The smallest absolute Gasteiger partial charge is 0.240 e. The zero-order valence-electron chi connectivity index (χ0n) is 8.57. The summed E-state index contributed by atoms with van der Waals surface area (Å²) < 4.78 is 1.71. The van der Waals surface area contributed by atoms with Crippen molar-refractivity contribution in [1.82, 2.24) is 4.57 Å². The quantitative estimate of drug-likeness (QED) is 0.731. The van der Waals surface area contributed by atoms with Crippen LogP contribution in [0.2, 0.25) is 0 Å². The van der Waals surface area contributed by atoms with Gasteiger partial charge in [0.1, 0.15) is 6.04 Å². The van der Waals surface area contributed by atoms with Gasteiger partial charge < -0.3 is 10.3 Å². The minimum atomic E-state index is -0.414. The minimum absolute atomic E-state index is 0.00193. The molecule has 1 amide bonds. The summed E-state index contributed by atoms with van der Waals surface area (Å²) in [5, 5.41) is 0. The van der Waals surface area contributed by atoms with Crippen LogP contribution < -0.4 is 5.73 Å². The van der Waals surface area contributed by atoms with Crippen LogP contribution in [0.4, 0.5) is 0 Å². The van der Waals surface area contributed by atoms with Crippen LogP contribution in [0.5, 0.6) is 0 Å². The molecule has 4 heteroatoms. The van der Waals surface area contributed by atoms with Crippen molar-refractivity contribution in [3.05, 3.63) is 23.5 Å². The summed E-state index contributed by atoms with van der Waals surface area (Å²) in [5.74, 6) is -0.406. The van der Waals surface area contributed by atoms with Crippen molar-refractivity contribution in [3.8, 4) is 0 Å². The van der Waals surface area contributed by atoms with E-state index in [-0.39, 0.29) is 5.78 Å². The van der Waals surface area contributed by atoms with Gasteiger partial charge in [0, 0.05) is 17.5 Å². The molecule has 14 heavy (non-hydrogen) atoms. The Hall–Kier alpha value is -1.58. The number of hydrogen-bond donors (Lipinski definition) is 1. The number of Topliss-reactive ketones (excluding diaryl/α,β-unsaturated/α-hetero) is 1. The standard InChI is InChI=1S/C10H14N2O2/c1-6-9(8(3)13)4-5-12(6)7(2)10(11)14/h4-5,7H,1-3H3,(H2,11,14). The van der Waals surface area contributed by atoms with Gasteiger partial charge >= 0.3 is 0 Å². The third kappa shape index (κ3) is 1.69. The number of aromatic nitrogens is 1. The molecule has 0 aromatic carbocycles. The van der Waals surface area contributed by atoms with E-state index in [0.717, 1.165) is 5.69 Å². The van der Waals surface area contributed by atoms with E-state index in [0.29, 0.717) is 5.56 Å². The number of amides is 1.